The summed E-state index contributed by atoms with van der Waals surface area (Å²) in [7, 11) is 0. The van der Waals surface area contributed by atoms with E-state index in [1.807, 2.05) is 6.92 Å². The maximum absolute atomic E-state index is 11.3. The van der Waals surface area contributed by atoms with Gasteiger partial charge < -0.3 is 11.1 Å². The Morgan fingerprint density at radius 2 is 2.24 bits per heavy atom. The number of nitrogens with zero attached hydrogens (tertiary/aromatic N) is 1. The highest BCUT2D eigenvalue weighted by atomic mass is 32.1. The summed E-state index contributed by atoms with van der Waals surface area (Å²) >= 11 is 1.68. The number of nitrogens with two attached hydrogens (primary N) is 1. The van der Waals surface area contributed by atoms with Gasteiger partial charge in [-0.3, -0.25) is 4.79 Å². The van der Waals surface area contributed by atoms with Crippen LogP contribution < -0.4 is 11.1 Å². The first-order chi connectivity index (χ1) is 7.99. The summed E-state index contributed by atoms with van der Waals surface area (Å²) in [4.78, 5) is 15.9. The van der Waals surface area contributed by atoms with Crippen molar-refractivity contribution in [3.05, 3.63) is 16.1 Å². The minimum Gasteiger partial charge on any atom is -0.356 e. The van der Waals surface area contributed by atoms with E-state index in [1.54, 1.807) is 11.3 Å². The first-order valence-corrected chi connectivity index (χ1v) is 6.83. The predicted molar refractivity (Wildman–Crippen MR) is 71.2 cm³/mol. The van der Waals surface area contributed by atoms with Crippen LogP contribution in [-0.2, 0) is 11.2 Å². The monoisotopic (exact) mass is 255 g/mol. The number of hydrogen-bond acceptors (Lipinski definition) is 4. The lowest BCUT2D eigenvalue weighted by Gasteiger charge is -2.06. The van der Waals surface area contributed by atoms with Gasteiger partial charge in [-0.2, -0.15) is 0 Å². The molecule has 0 fully saturated rings. The molecule has 0 aliphatic heterocycles. The van der Waals surface area contributed by atoms with Crippen molar-refractivity contribution in [2.45, 2.75) is 45.6 Å². The second kappa shape index (κ2) is 6.71. The minimum absolute atomic E-state index is 0.0133. The molecule has 4 nitrogen and oxygen atoms in total. The van der Waals surface area contributed by atoms with Crippen molar-refractivity contribution in [2.24, 2.45) is 5.73 Å². The van der Waals surface area contributed by atoms with E-state index in [4.69, 9.17) is 5.73 Å². The van der Waals surface area contributed by atoms with E-state index in [0.29, 0.717) is 18.9 Å². The Morgan fingerprint density at radius 3 is 2.76 bits per heavy atom. The summed E-state index contributed by atoms with van der Waals surface area (Å²) in [6.07, 6.45) is 1.17. The molecule has 1 unspecified atom stereocenters. The highest BCUT2D eigenvalue weighted by molar-refractivity contribution is 7.09. The minimum atomic E-state index is -0.0817. The highest BCUT2D eigenvalue weighted by Crippen LogP contribution is 2.19. The number of amides is 1. The van der Waals surface area contributed by atoms with Crippen LogP contribution in [0.4, 0.5) is 0 Å². The molecule has 3 N–H and O–H groups in total. The van der Waals surface area contributed by atoms with E-state index in [9.17, 15) is 4.79 Å². The molecule has 17 heavy (non-hydrogen) atoms. The van der Waals surface area contributed by atoms with Crippen LogP contribution >= 0.6 is 11.3 Å². The van der Waals surface area contributed by atoms with Crippen LogP contribution in [0.2, 0.25) is 0 Å². The van der Waals surface area contributed by atoms with Gasteiger partial charge in [0.2, 0.25) is 5.91 Å². The smallest absolute Gasteiger partial charge is 0.221 e. The third kappa shape index (κ3) is 5.28. The zero-order chi connectivity index (χ0) is 12.8. The molecule has 1 aromatic heterocycles. The van der Waals surface area contributed by atoms with Crippen molar-refractivity contribution >= 4 is 17.2 Å². The summed E-state index contributed by atoms with van der Waals surface area (Å²) in [6, 6.07) is -0.0817. The van der Waals surface area contributed by atoms with Gasteiger partial charge in [0, 0.05) is 36.7 Å². The molecular formula is C12H21N3OS. The van der Waals surface area contributed by atoms with E-state index in [-0.39, 0.29) is 11.9 Å². The van der Waals surface area contributed by atoms with Crippen LogP contribution in [0.25, 0.3) is 0 Å². The summed E-state index contributed by atoms with van der Waals surface area (Å²) in [5.74, 6) is 0.487. The molecule has 1 aromatic rings. The molecule has 5 heteroatoms. The van der Waals surface area contributed by atoms with Crippen LogP contribution in [0.5, 0.6) is 0 Å². The molecule has 1 atom stereocenters. The summed E-state index contributed by atoms with van der Waals surface area (Å²) in [5, 5.41) is 6.06. The summed E-state index contributed by atoms with van der Waals surface area (Å²) < 4.78 is 0. The largest absolute Gasteiger partial charge is 0.356 e. The number of aromatic nitrogens is 1. The topological polar surface area (TPSA) is 68.0 Å². The van der Waals surface area contributed by atoms with Crippen LogP contribution in [0.1, 0.15) is 43.8 Å². The number of nitrogens with one attached hydrogen (secondary N) is 1. The Bertz CT molecular complexity index is 360. The fraction of sp³-hybridized carbons (Fsp3) is 0.667. The molecule has 0 aromatic carbocycles. The number of carbonyl (C=O) groups excluding carboxylic acids is 1. The first kappa shape index (κ1) is 14.1. The van der Waals surface area contributed by atoms with Gasteiger partial charge in [-0.1, -0.05) is 13.8 Å². The molecule has 0 aliphatic carbocycles. The van der Waals surface area contributed by atoms with Crippen molar-refractivity contribution in [3.63, 3.8) is 0 Å². The Hall–Kier alpha value is -0.940. The Labute approximate surface area is 107 Å². The molecule has 0 saturated heterocycles. The molecule has 0 saturated carbocycles. The van der Waals surface area contributed by atoms with Gasteiger partial charge in [0.1, 0.15) is 0 Å². The van der Waals surface area contributed by atoms with Crippen molar-refractivity contribution in [1.82, 2.24) is 10.3 Å². The lowest BCUT2D eigenvalue weighted by atomic mass is 10.2. The van der Waals surface area contributed by atoms with E-state index in [0.717, 1.165) is 17.1 Å². The zero-order valence-corrected chi connectivity index (χ0v) is 11.5. The second-order valence-corrected chi connectivity index (χ2v) is 5.50. The van der Waals surface area contributed by atoms with Crippen LogP contribution in [0.15, 0.2) is 5.38 Å². The van der Waals surface area contributed by atoms with Crippen molar-refractivity contribution < 1.29 is 4.79 Å². The van der Waals surface area contributed by atoms with Gasteiger partial charge in [-0.25, -0.2) is 4.98 Å². The quantitative estimate of drug-likeness (QED) is 0.812. The Kier molecular flexibility index (Phi) is 5.58. The van der Waals surface area contributed by atoms with Crippen LogP contribution in [0.3, 0.4) is 0 Å². The summed E-state index contributed by atoms with van der Waals surface area (Å²) in [5.41, 5.74) is 6.60. The third-order valence-electron chi connectivity index (χ3n) is 2.27. The first-order valence-electron chi connectivity index (χ1n) is 5.95. The average molecular weight is 255 g/mol. The normalized spacial score (nSPS) is 12.8. The molecule has 1 rings (SSSR count). The average Bonchev–Trinajstić information content (AvgIpc) is 2.65. The Morgan fingerprint density at radius 1 is 1.53 bits per heavy atom. The van der Waals surface area contributed by atoms with Gasteiger partial charge >= 0.3 is 0 Å². The second-order valence-electron chi connectivity index (χ2n) is 4.61. The maximum atomic E-state index is 11.3. The lowest BCUT2D eigenvalue weighted by Crippen LogP contribution is -2.31. The molecule has 96 valence electrons. The van der Waals surface area contributed by atoms with E-state index < -0.39 is 0 Å². The highest BCUT2D eigenvalue weighted by Gasteiger charge is 2.07. The van der Waals surface area contributed by atoms with Crippen LogP contribution in [0, 0.1) is 0 Å². The molecule has 1 amide bonds. The van der Waals surface area contributed by atoms with Gasteiger partial charge in [-0.05, 0) is 6.92 Å². The van der Waals surface area contributed by atoms with Gasteiger partial charge in [-0.15, -0.1) is 11.3 Å². The molecule has 0 aliphatic rings. The van der Waals surface area contributed by atoms with Crippen LogP contribution in [-0.4, -0.2) is 23.5 Å². The number of hydrogen-bond donors (Lipinski definition) is 2. The van der Waals surface area contributed by atoms with E-state index in [1.165, 1.54) is 0 Å². The van der Waals surface area contributed by atoms with Crippen molar-refractivity contribution in [1.29, 1.82) is 0 Å². The predicted octanol–water partition coefficient (Wildman–Crippen LogP) is 1.66. The van der Waals surface area contributed by atoms with Gasteiger partial charge in [0.15, 0.2) is 0 Å². The van der Waals surface area contributed by atoms with E-state index in [2.05, 4.69) is 29.5 Å². The summed E-state index contributed by atoms with van der Waals surface area (Å²) in [6.45, 7) is 6.72. The van der Waals surface area contributed by atoms with Gasteiger partial charge in [0.25, 0.3) is 0 Å². The SMILES string of the molecule is CC(N)CC(=O)NCCc1csc(C(C)C)n1. The van der Waals surface area contributed by atoms with Gasteiger partial charge in [0.05, 0.1) is 10.7 Å². The van der Waals surface area contributed by atoms with Crippen molar-refractivity contribution in [3.8, 4) is 0 Å². The molecular weight excluding hydrogens is 234 g/mol. The zero-order valence-electron chi connectivity index (χ0n) is 10.7. The van der Waals surface area contributed by atoms with E-state index >= 15 is 0 Å². The van der Waals surface area contributed by atoms with Crippen molar-refractivity contribution in [2.75, 3.05) is 6.54 Å². The number of thiazole rings is 1. The number of carbonyl (C=O) groups is 1. The maximum Gasteiger partial charge on any atom is 0.221 e. The molecule has 1 heterocycles. The third-order valence-corrected chi connectivity index (χ3v) is 3.47. The lowest BCUT2D eigenvalue weighted by molar-refractivity contribution is -0.121. The molecule has 0 bridgehead atoms. The Balaban J connectivity index is 2.28. The number of rotatable bonds is 6. The molecule has 0 radical (unpaired) electrons. The molecule has 0 spiro atoms. The standard InChI is InChI=1S/C12H21N3OS/c1-8(2)12-15-10(7-17-12)4-5-14-11(16)6-9(3)13/h7-9H,4-6,13H2,1-3H3,(H,14,16). The fourth-order valence-corrected chi connectivity index (χ4v) is 2.27. The fourth-order valence-electron chi connectivity index (χ4n) is 1.40.